The van der Waals surface area contributed by atoms with Crippen LogP contribution in [0.5, 0.6) is 0 Å². The van der Waals surface area contributed by atoms with Crippen LogP contribution in [0.4, 0.5) is 0 Å². The van der Waals surface area contributed by atoms with E-state index in [-0.39, 0.29) is 57.3 Å². The van der Waals surface area contributed by atoms with Crippen LogP contribution in [0, 0.1) is 34.5 Å². The van der Waals surface area contributed by atoms with Gasteiger partial charge in [-0.25, -0.2) is 16.8 Å². The summed E-state index contributed by atoms with van der Waals surface area (Å²) < 4.78 is 66.7. The van der Waals surface area contributed by atoms with Crippen molar-refractivity contribution in [3.05, 3.63) is 128 Å². The number of ether oxygens (including phenoxy) is 2. The number of benzene rings is 4. The van der Waals surface area contributed by atoms with Crippen LogP contribution in [-0.2, 0) is 49.9 Å². The van der Waals surface area contributed by atoms with E-state index >= 15 is 0 Å². The van der Waals surface area contributed by atoms with Crippen molar-refractivity contribution in [3.63, 3.8) is 0 Å². The molecule has 0 unspecified atom stereocenters. The lowest BCUT2D eigenvalue weighted by molar-refractivity contribution is -0.138. The van der Waals surface area contributed by atoms with Gasteiger partial charge in [0.1, 0.15) is 11.1 Å². The van der Waals surface area contributed by atoms with Crippen LogP contribution < -0.4 is 10.6 Å². The smallest absolute Gasteiger partial charge is 0.227 e. The van der Waals surface area contributed by atoms with E-state index in [0.717, 1.165) is 11.1 Å². The first-order valence-corrected chi connectivity index (χ1v) is 26.9. The standard InChI is InChI=1S/2C25H26Cl2N2O4S/c2*1-24(2,16-7-9-17(26)10-8-16)33-21-14-18(34(31,32)22-6-4-3-5-20(22)27)13-19(21)23(30)29-25(15-28)11-12-25/h2*3-10,18-19,21H,11-14H2,1-2H3,(H,29,30)/t2*18-,19-,21-/m10/s1. The van der Waals surface area contributed by atoms with E-state index in [9.17, 15) is 36.9 Å². The zero-order valence-corrected chi connectivity index (χ0v) is 42.5. The fraction of sp³-hybridized carbons (Fsp3) is 0.440. The summed E-state index contributed by atoms with van der Waals surface area (Å²) in [4.78, 5) is 26.6. The zero-order valence-electron chi connectivity index (χ0n) is 37.8. The second kappa shape index (κ2) is 19.9. The summed E-state index contributed by atoms with van der Waals surface area (Å²) in [5.41, 5.74) is -1.61. The Balaban J connectivity index is 0.000000201. The van der Waals surface area contributed by atoms with E-state index < -0.39 is 76.5 Å². The van der Waals surface area contributed by atoms with Gasteiger partial charge in [0.25, 0.3) is 0 Å². The van der Waals surface area contributed by atoms with Crippen molar-refractivity contribution in [2.24, 2.45) is 11.8 Å². The first kappa shape index (κ1) is 51.6. The molecule has 4 aromatic rings. The summed E-state index contributed by atoms with van der Waals surface area (Å²) in [6.07, 6.45) is 1.48. The first-order valence-electron chi connectivity index (χ1n) is 22.3. The molecular weight excluding hydrogens is 991 g/mol. The molecule has 2 N–H and O–H groups in total. The molecule has 0 aliphatic heterocycles. The monoisotopic (exact) mass is 1040 g/mol. The summed E-state index contributed by atoms with van der Waals surface area (Å²) >= 11 is 24.4. The van der Waals surface area contributed by atoms with E-state index in [2.05, 4.69) is 22.8 Å². The summed E-state index contributed by atoms with van der Waals surface area (Å²) in [7, 11) is -7.61. The van der Waals surface area contributed by atoms with Crippen LogP contribution in [0.1, 0.15) is 90.2 Å². The van der Waals surface area contributed by atoms with Crippen molar-refractivity contribution < 1.29 is 35.9 Å². The maximum Gasteiger partial charge on any atom is 0.227 e. The summed E-state index contributed by atoms with van der Waals surface area (Å²) in [6.45, 7) is 7.50. The number of carbonyl (C=O) groups excluding carboxylic acids is 2. The quantitative estimate of drug-likeness (QED) is 0.123. The number of rotatable bonds is 14. The number of hydrogen-bond donors (Lipinski definition) is 2. The molecule has 0 bridgehead atoms. The van der Waals surface area contributed by atoms with Gasteiger partial charge in [0, 0.05) is 10.0 Å². The van der Waals surface area contributed by atoms with Crippen LogP contribution in [-0.4, -0.2) is 62.4 Å². The van der Waals surface area contributed by atoms with Gasteiger partial charge >= 0.3 is 0 Å². The molecule has 8 rings (SSSR count). The zero-order chi connectivity index (χ0) is 49.5. The number of nitriles is 2. The van der Waals surface area contributed by atoms with E-state index in [0.29, 0.717) is 35.7 Å². The van der Waals surface area contributed by atoms with E-state index in [1.807, 2.05) is 52.0 Å². The topological polar surface area (TPSA) is 193 Å². The highest BCUT2D eigenvalue weighted by molar-refractivity contribution is 7.92. The van der Waals surface area contributed by atoms with Crippen molar-refractivity contribution in [2.45, 2.75) is 134 Å². The van der Waals surface area contributed by atoms with Gasteiger partial charge < -0.3 is 20.1 Å². The molecule has 4 aromatic carbocycles. The second-order valence-electron chi connectivity index (χ2n) is 19.1. The minimum Gasteiger partial charge on any atom is -0.367 e. The molecule has 0 heterocycles. The molecule has 18 heteroatoms. The fourth-order valence-electron chi connectivity index (χ4n) is 8.97. The Bertz CT molecular complexity index is 2660. The number of carbonyl (C=O) groups is 2. The first-order chi connectivity index (χ1) is 31.9. The minimum atomic E-state index is -3.80. The molecule has 0 radical (unpaired) electrons. The van der Waals surface area contributed by atoms with Crippen LogP contribution >= 0.6 is 46.4 Å². The summed E-state index contributed by atoms with van der Waals surface area (Å²) in [5, 5.41) is 24.3. The number of amides is 2. The Morgan fingerprint density at radius 1 is 0.559 bits per heavy atom. The minimum absolute atomic E-state index is 0.0501. The lowest BCUT2D eigenvalue weighted by Crippen LogP contribution is -2.44. The Morgan fingerprint density at radius 2 is 0.882 bits per heavy atom. The van der Waals surface area contributed by atoms with Gasteiger partial charge in [-0.15, -0.1) is 0 Å². The van der Waals surface area contributed by atoms with Gasteiger partial charge in [-0.3, -0.25) is 9.59 Å². The molecule has 68 heavy (non-hydrogen) atoms. The molecule has 0 spiro atoms. The normalized spacial score (nSPS) is 23.8. The van der Waals surface area contributed by atoms with Crippen molar-refractivity contribution >= 4 is 77.9 Å². The summed E-state index contributed by atoms with van der Waals surface area (Å²) in [6, 6.07) is 31.4. The van der Waals surface area contributed by atoms with Crippen molar-refractivity contribution in [1.82, 2.24) is 10.6 Å². The van der Waals surface area contributed by atoms with Gasteiger partial charge in [0.15, 0.2) is 19.7 Å². The molecule has 0 aromatic heterocycles. The molecule has 4 saturated carbocycles. The Labute approximate surface area is 418 Å². The average molecular weight is 1040 g/mol. The highest BCUT2D eigenvalue weighted by Gasteiger charge is 2.53. The Hall–Kier alpha value is -4.22. The molecule has 2 amide bonds. The number of sulfone groups is 2. The molecule has 12 nitrogen and oxygen atoms in total. The summed E-state index contributed by atoms with van der Waals surface area (Å²) in [5.74, 6) is -2.15. The number of hydrogen-bond acceptors (Lipinski definition) is 10. The SMILES string of the molecule is CC(C)(O[C@@H]1C[C@H](S(=O)(=O)c2ccccc2Cl)C[C@H]1C(=O)NC1(C#N)CC1)c1ccc(Cl)cc1.CC(C)(O[C@H]1C[C@@H](S(=O)(=O)c2ccccc2Cl)C[C@@H]1C(=O)NC1(C#N)CC1)c1ccc(Cl)cc1. The van der Waals surface area contributed by atoms with Crippen LogP contribution in [0.2, 0.25) is 20.1 Å². The third-order valence-corrected chi connectivity index (χ3v) is 19.2. The van der Waals surface area contributed by atoms with Gasteiger partial charge in [0.2, 0.25) is 11.8 Å². The van der Waals surface area contributed by atoms with Crippen molar-refractivity contribution in [2.75, 3.05) is 0 Å². The predicted molar refractivity (Wildman–Crippen MR) is 260 cm³/mol. The lowest BCUT2D eigenvalue weighted by atomic mass is 9.96. The Kier molecular flexibility index (Phi) is 15.1. The molecule has 360 valence electrons. The van der Waals surface area contributed by atoms with Gasteiger partial charge in [-0.05, 0) is 139 Å². The molecule has 4 aliphatic carbocycles. The molecule has 6 atom stereocenters. The number of nitrogens with one attached hydrogen (secondary N) is 2. The molecule has 0 saturated heterocycles. The average Bonchev–Trinajstić information content (AvgIpc) is 4.15. The van der Waals surface area contributed by atoms with Crippen LogP contribution in [0.25, 0.3) is 0 Å². The highest BCUT2D eigenvalue weighted by atomic mass is 35.5. The highest BCUT2D eigenvalue weighted by Crippen LogP contribution is 2.45. The van der Waals surface area contributed by atoms with E-state index in [1.54, 1.807) is 48.5 Å². The fourth-order valence-corrected chi connectivity index (χ4v) is 13.9. The van der Waals surface area contributed by atoms with Gasteiger partial charge in [-0.2, -0.15) is 10.5 Å². The number of halogens is 4. The third kappa shape index (κ3) is 11.4. The van der Waals surface area contributed by atoms with Crippen LogP contribution in [0.15, 0.2) is 107 Å². The van der Waals surface area contributed by atoms with Gasteiger partial charge in [-0.1, -0.05) is 94.9 Å². The molecule has 4 aliphatic rings. The molecular formula is C50H52Cl4N4O8S2. The van der Waals surface area contributed by atoms with Crippen LogP contribution in [0.3, 0.4) is 0 Å². The van der Waals surface area contributed by atoms with Gasteiger partial charge in [0.05, 0.1) is 77.7 Å². The number of nitrogens with zero attached hydrogens (tertiary/aromatic N) is 2. The van der Waals surface area contributed by atoms with Crippen molar-refractivity contribution in [1.29, 1.82) is 10.5 Å². The predicted octanol–water partition coefficient (Wildman–Crippen LogP) is 10.1. The largest absolute Gasteiger partial charge is 0.367 e. The van der Waals surface area contributed by atoms with Crippen molar-refractivity contribution in [3.8, 4) is 12.1 Å². The maximum atomic E-state index is 13.5. The third-order valence-electron chi connectivity index (χ3n) is 13.4. The maximum absolute atomic E-state index is 13.5. The Morgan fingerprint density at radius 3 is 1.18 bits per heavy atom. The van der Waals surface area contributed by atoms with E-state index in [1.165, 1.54) is 24.3 Å². The lowest BCUT2D eigenvalue weighted by Gasteiger charge is -2.32. The van der Waals surface area contributed by atoms with E-state index in [4.69, 9.17) is 55.9 Å². The second-order valence-corrected chi connectivity index (χ2v) is 25.1. The molecule has 4 fully saturated rings.